The van der Waals surface area contributed by atoms with E-state index in [9.17, 15) is 0 Å². The highest BCUT2D eigenvalue weighted by Crippen LogP contribution is 2.24. The Morgan fingerprint density at radius 3 is 2.64 bits per heavy atom. The molecule has 0 aliphatic rings. The lowest BCUT2D eigenvalue weighted by molar-refractivity contribution is 0.538. The van der Waals surface area contributed by atoms with Crippen LogP contribution in [0.2, 0.25) is 5.22 Å². The number of hydrogen-bond donors (Lipinski definition) is 0. The van der Waals surface area contributed by atoms with E-state index in [2.05, 4.69) is 17.1 Å². The summed E-state index contributed by atoms with van der Waals surface area (Å²) in [6.45, 7) is 0. The average Bonchev–Trinajstić information content (AvgIpc) is 3.11. The fraction of sp³-hybridized carbons (Fsp3) is 0.0588. The molecule has 0 amide bonds. The van der Waals surface area contributed by atoms with Gasteiger partial charge < -0.3 is 4.42 Å². The van der Waals surface area contributed by atoms with Gasteiger partial charge in [0, 0.05) is 18.7 Å². The smallest absolute Gasteiger partial charge is 0.208 e. The minimum atomic E-state index is 0.346. The maximum absolute atomic E-state index is 5.92. The summed E-state index contributed by atoms with van der Waals surface area (Å²) < 4.78 is 7.47. The summed E-state index contributed by atoms with van der Waals surface area (Å²) >= 11 is 5.92. The fourth-order valence-electron chi connectivity index (χ4n) is 2.51. The monoisotopic (exact) mass is 309 g/mol. The van der Waals surface area contributed by atoms with E-state index in [1.165, 1.54) is 5.56 Å². The van der Waals surface area contributed by atoms with Crippen molar-refractivity contribution in [2.24, 2.45) is 0 Å². The van der Waals surface area contributed by atoms with Gasteiger partial charge in [0.2, 0.25) is 5.88 Å². The second-order valence-corrected chi connectivity index (χ2v) is 5.32. The molecule has 0 spiro atoms. The van der Waals surface area contributed by atoms with Crippen molar-refractivity contribution in [3.05, 3.63) is 77.4 Å². The van der Waals surface area contributed by atoms with Crippen LogP contribution in [0.5, 0.6) is 0 Å². The lowest BCUT2D eigenvalue weighted by Crippen LogP contribution is -2.02. The summed E-state index contributed by atoms with van der Waals surface area (Å²) in [5.41, 5.74) is 2.78. The van der Waals surface area contributed by atoms with Gasteiger partial charge in [0.15, 0.2) is 10.9 Å². The van der Waals surface area contributed by atoms with Gasteiger partial charge >= 0.3 is 0 Å². The molecule has 1 aromatic carbocycles. The minimum Gasteiger partial charge on any atom is -0.428 e. The number of aromatic nitrogens is 3. The Morgan fingerprint density at radius 2 is 1.86 bits per heavy atom. The second-order valence-electron chi connectivity index (χ2n) is 4.95. The largest absolute Gasteiger partial charge is 0.428 e. The van der Waals surface area contributed by atoms with Crippen molar-refractivity contribution >= 4 is 22.8 Å². The van der Waals surface area contributed by atoms with Crippen LogP contribution in [0.15, 0.2) is 65.2 Å². The number of fused-ring (bicyclic) bond motifs is 1. The van der Waals surface area contributed by atoms with Crippen LogP contribution in [-0.2, 0) is 6.42 Å². The minimum absolute atomic E-state index is 0.346. The van der Waals surface area contributed by atoms with Crippen molar-refractivity contribution in [1.29, 1.82) is 0 Å². The van der Waals surface area contributed by atoms with Crippen LogP contribution in [0.4, 0.5) is 0 Å². The topological polar surface area (TPSA) is 43.9 Å². The van der Waals surface area contributed by atoms with Crippen LogP contribution in [0.3, 0.4) is 0 Å². The summed E-state index contributed by atoms with van der Waals surface area (Å²) in [7, 11) is 0. The van der Waals surface area contributed by atoms with Gasteiger partial charge in [0.1, 0.15) is 11.3 Å². The van der Waals surface area contributed by atoms with Crippen molar-refractivity contribution in [2.75, 3.05) is 0 Å². The SMILES string of the molecule is Clc1ccc(-n2c(Cc3ccccc3)nc3cccnc32)o1. The number of rotatable bonds is 3. The number of nitrogens with zero attached hydrogens (tertiary/aromatic N) is 3. The summed E-state index contributed by atoms with van der Waals surface area (Å²) in [6, 6.07) is 17.6. The second kappa shape index (κ2) is 5.31. The molecule has 22 heavy (non-hydrogen) atoms. The van der Waals surface area contributed by atoms with E-state index in [-0.39, 0.29) is 0 Å². The Kier molecular flexibility index (Phi) is 3.16. The molecule has 0 N–H and O–H groups in total. The molecule has 5 heteroatoms. The Morgan fingerprint density at radius 1 is 1.00 bits per heavy atom. The van der Waals surface area contributed by atoms with Gasteiger partial charge in [-0.3, -0.25) is 0 Å². The highest BCUT2D eigenvalue weighted by atomic mass is 35.5. The normalized spacial score (nSPS) is 11.1. The quantitative estimate of drug-likeness (QED) is 0.568. The Hall–Kier alpha value is -2.59. The summed E-state index contributed by atoms with van der Waals surface area (Å²) in [5.74, 6) is 1.49. The van der Waals surface area contributed by atoms with E-state index < -0.39 is 0 Å². The molecule has 0 radical (unpaired) electrons. The van der Waals surface area contributed by atoms with E-state index in [4.69, 9.17) is 21.0 Å². The predicted molar refractivity (Wildman–Crippen MR) is 85.4 cm³/mol. The summed E-state index contributed by atoms with van der Waals surface area (Å²) in [4.78, 5) is 9.12. The number of halogens is 1. The lowest BCUT2D eigenvalue weighted by Gasteiger charge is -2.05. The van der Waals surface area contributed by atoms with E-state index in [0.717, 1.165) is 17.0 Å². The average molecular weight is 310 g/mol. The van der Waals surface area contributed by atoms with Crippen LogP contribution in [-0.4, -0.2) is 14.5 Å². The molecule has 0 aliphatic heterocycles. The first-order chi connectivity index (χ1) is 10.8. The number of pyridine rings is 1. The van der Waals surface area contributed by atoms with Gasteiger partial charge in [-0.15, -0.1) is 0 Å². The third-order valence-electron chi connectivity index (χ3n) is 3.47. The van der Waals surface area contributed by atoms with Crippen molar-refractivity contribution in [1.82, 2.24) is 14.5 Å². The summed E-state index contributed by atoms with van der Waals surface area (Å²) in [6.07, 6.45) is 2.44. The molecule has 3 heterocycles. The highest BCUT2D eigenvalue weighted by Gasteiger charge is 2.16. The Bertz CT molecular complexity index is 927. The number of furan rings is 1. The number of benzene rings is 1. The highest BCUT2D eigenvalue weighted by molar-refractivity contribution is 6.28. The van der Waals surface area contributed by atoms with E-state index in [1.807, 2.05) is 41.0 Å². The molecule has 108 valence electrons. The van der Waals surface area contributed by atoms with Crippen LogP contribution in [0, 0.1) is 0 Å². The number of hydrogen-bond acceptors (Lipinski definition) is 3. The van der Waals surface area contributed by atoms with Crippen LogP contribution in [0.1, 0.15) is 11.4 Å². The van der Waals surface area contributed by atoms with Crippen LogP contribution in [0.25, 0.3) is 17.0 Å². The lowest BCUT2D eigenvalue weighted by atomic mass is 10.1. The van der Waals surface area contributed by atoms with Crippen LogP contribution < -0.4 is 0 Å². The molecule has 0 bridgehead atoms. The molecular weight excluding hydrogens is 298 g/mol. The van der Waals surface area contributed by atoms with Gasteiger partial charge in [-0.1, -0.05) is 30.3 Å². The van der Waals surface area contributed by atoms with Gasteiger partial charge in [-0.2, -0.15) is 0 Å². The zero-order valence-electron chi connectivity index (χ0n) is 11.6. The number of imidazole rings is 1. The maximum Gasteiger partial charge on any atom is 0.208 e. The van der Waals surface area contributed by atoms with Crippen molar-refractivity contribution in [3.8, 4) is 5.88 Å². The molecule has 3 aromatic heterocycles. The maximum atomic E-state index is 5.92. The van der Waals surface area contributed by atoms with Crippen molar-refractivity contribution in [3.63, 3.8) is 0 Å². The Labute approximate surface area is 132 Å². The third-order valence-corrected chi connectivity index (χ3v) is 3.67. The molecule has 4 aromatic rings. The van der Waals surface area contributed by atoms with E-state index >= 15 is 0 Å². The third kappa shape index (κ3) is 2.27. The van der Waals surface area contributed by atoms with E-state index in [0.29, 0.717) is 17.5 Å². The molecule has 4 rings (SSSR count). The molecule has 0 fully saturated rings. The van der Waals surface area contributed by atoms with Gasteiger partial charge in [0.05, 0.1) is 0 Å². The van der Waals surface area contributed by atoms with Gasteiger partial charge in [-0.05, 0) is 35.4 Å². The summed E-state index contributed by atoms with van der Waals surface area (Å²) in [5, 5.41) is 0.346. The predicted octanol–water partition coefficient (Wildman–Crippen LogP) is 4.26. The Balaban J connectivity index is 1.90. The van der Waals surface area contributed by atoms with Crippen molar-refractivity contribution in [2.45, 2.75) is 6.42 Å². The van der Waals surface area contributed by atoms with Gasteiger partial charge in [0.25, 0.3) is 0 Å². The molecular formula is C17H12ClN3O. The van der Waals surface area contributed by atoms with Crippen molar-refractivity contribution < 1.29 is 4.42 Å². The van der Waals surface area contributed by atoms with E-state index in [1.54, 1.807) is 12.3 Å². The molecule has 0 unspecified atom stereocenters. The first-order valence-corrected chi connectivity index (χ1v) is 7.31. The first kappa shape index (κ1) is 13.1. The zero-order chi connectivity index (χ0) is 14.9. The first-order valence-electron chi connectivity index (χ1n) is 6.93. The molecule has 0 saturated heterocycles. The van der Waals surface area contributed by atoms with Crippen LogP contribution >= 0.6 is 11.6 Å². The van der Waals surface area contributed by atoms with Gasteiger partial charge in [-0.25, -0.2) is 14.5 Å². The molecule has 4 nitrogen and oxygen atoms in total. The molecule has 0 aliphatic carbocycles. The zero-order valence-corrected chi connectivity index (χ0v) is 12.4. The standard InChI is InChI=1S/C17H12ClN3O/c18-14-8-9-16(22-14)21-15(11-12-5-2-1-3-6-12)20-13-7-4-10-19-17(13)21/h1-10H,11H2. The molecule has 0 atom stereocenters. The molecule has 0 saturated carbocycles. The fourth-order valence-corrected chi connectivity index (χ4v) is 2.65.